The van der Waals surface area contributed by atoms with Crippen LogP contribution in [0.1, 0.15) is 11.7 Å². The van der Waals surface area contributed by atoms with E-state index < -0.39 is 27.8 Å². The van der Waals surface area contributed by atoms with Gasteiger partial charge in [-0.25, -0.2) is 21.9 Å². The normalized spacial score (nSPS) is 12.8. The van der Waals surface area contributed by atoms with E-state index in [1.807, 2.05) is 0 Å². The van der Waals surface area contributed by atoms with Crippen LogP contribution in [0.25, 0.3) is 0 Å². The molecule has 5 nitrogen and oxygen atoms in total. The van der Waals surface area contributed by atoms with Gasteiger partial charge in [-0.2, -0.15) is 0 Å². The van der Waals surface area contributed by atoms with Gasteiger partial charge in [0.05, 0.1) is 18.1 Å². The van der Waals surface area contributed by atoms with E-state index in [9.17, 15) is 17.2 Å². The number of rotatable bonds is 7. The highest BCUT2D eigenvalue weighted by Crippen LogP contribution is 2.27. The third-order valence-corrected chi connectivity index (χ3v) is 4.85. The summed E-state index contributed by atoms with van der Waals surface area (Å²) in [5.41, 5.74) is 0.662. The number of nitrogens with one attached hydrogen (secondary N) is 1. The van der Waals surface area contributed by atoms with Crippen molar-refractivity contribution < 1.29 is 26.7 Å². The van der Waals surface area contributed by atoms with Crippen LogP contribution in [0.2, 0.25) is 0 Å². The fraction of sp³-hybridized carbons (Fsp3) is 0.250. The number of benzene rings is 2. The first-order valence-corrected chi connectivity index (χ1v) is 8.47. The van der Waals surface area contributed by atoms with Crippen molar-refractivity contribution in [1.82, 2.24) is 4.72 Å². The van der Waals surface area contributed by atoms with Gasteiger partial charge in [0.25, 0.3) is 0 Å². The van der Waals surface area contributed by atoms with Crippen LogP contribution in [0, 0.1) is 11.6 Å². The molecule has 1 atom stereocenters. The second kappa shape index (κ2) is 7.69. The van der Waals surface area contributed by atoms with Gasteiger partial charge >= 0.3 is 0 Å². The Hall–Kier alpha value is -2.03. The number of ether oxygens (including phenoxy) is 2. The van der Waals surface area contributed by atoms with Gasteiger partial charge in [-0.3, -0.25) is 0 Å². The van der Waals surface area contributed by atoms with E-state index in [2.05, 4.69) is 4.72 Å². The summed E-state index contributed by atoms with van der Waals surface area (Å²) in [6.07, 6.45) is -0.610. The smallest absolute Gasteiger partial charge is 0.240 e. The Morgan fingerprint density at radius 3 is 2.42 bits per heavy atom. The van der Waals surface area contributed by atoms with Gasteiger partial charge in [-0.1, -0.05) is 18.2 Å². The number of hydrogen-bond acceptors (Lipinski definition) is 4. The van der Waals surface area contributed by atoms with E-state index in [0.29, 0.717) is 17.4 Å². The van der Waals surface area contributed by atoms with Crippen molar-refractivity contribution in [3.8, 4) is 5.75 Å². The topological polar surface area (TPSA) is 64.6 Å². The highest BCUT2D eigenvalue weighted by molar-refractivity contribution is 7.89. The van der Waals surface area contributed by atoms with E-state index >= 15 is 0 Å². The van der Waals surface area contributed by atoms with E-state index in [-0.39, 0.29) is 11.4 Å². The Kier molecular flexibility index (Phi) is 5.87. The first-order chi connectivity index (χ1) is 11.4. The standard InChI is InChI=1S/C16H17F2NO4S/c1-22-15-6-4-3-5-12(15)16(23-2)10-19-24(20,21)11-7-8-13(17)14(18)9-11/h3-9,16,19H,10H2,1-2H3. The molecule has 0 fully saturated rings. The van der Waals surface area contributed by atoms with Gasteiger partial charge < -0.3 is 9.47 Å². The Labute approximate surface area is 139 Å². The lowest BCUT2D eigenvalue weighted by molar-refractivity contribution is 0.105. The summed E-state index contributed by atoms with van der Waals surface area (Å²) < 4.78 is 63.5. The molecule has 0 saturated carbocycles. The molecule has 8 heteroatoms. The summed E-state index contributed by atoms with van der Waals surface area (Å²) in [5, 5.41) is 0. The number of hydrogen-bond donors (Lipinski definition) is 1. The fourth-order valence-electron chi connectivity index (χ4n) is 2.17. The van der Waals surface area contributed by atoms with Gasteiger partial charge in [-0.15, -0.1) is 0 Å². The third-order valence-electron chi connectivity index (χ3n) is 3.43. The summed E-state index contributed by atoms with van der Waals surface area (Å²) in [6.45, 7) is -0.0990. The van der Waals surface area contributed by atoms with Gasteiger partial charge in [0.2, 0.25) is 10.0 Å². The summed E-state index contributed by atoms with van der Waals surface area (Å²) in [7, 11) is -1.08. The Morgan fingerprint density at radius 1 is 1.08 bits per heavy atom. The molecule has 0 saturated heterocycles. The molecule has 0 spiro atoms. The zero-order chi connectivity index (χ0) is 17.7. The van der Waals surface area contributed by atoms with Crippen molar-refractivity contribution in [3.63, 3.8) is 0 Å². The second-order valence-corrected chi connectivity index (χ2v) is 6.66. The fourth-order valence-corrected chi connectivity index (χ4v) is 3.21. The average molecular weight is 357 g/mol. The minimum absolute atomic E-state index is 0.0990. The monoisotopic (exact) mass is 357 g/mol. The van der Waals surface area contributed by atoms with Crippen LogP contribution >= 0.6 is 0 Å². The molecule has 0 bridgehead atoms. The minimum atomic E-state index is -4.01. The van der Waals surface area contributed by atoms with Crippen molar-refractivity contribution >= 4 is 10.0 Å². The molecule has 0 aliphatic heterocycles. The Balaban J connectivity index is 2.19. The summed E-state index contributed by atoms with van der Waals surface area (Å²) >= 11 is 0. The molecule has 0 aromatic heterocycles. The van der Waals surface area contributed by atoms with E-state index in [4.69, 9.17) is 9.47 Å². The van der Waals surface area contributed by atoms with Crippen molar-refractivity contribution in [2.24, 2.45) is 0 Å². The van der Waals surface area contributed by atoms with Crippen LogP contribution in [0.3, 0.4) is 0 Å². The molecule has 1 unspecified atom stereocenters. The summed E-state index contributed by atoms with van der Waals surface area (Å²) in [4.78, 5) is -0.365. The van der Waals surface area contributed by atoms with Gasteiger partial charge in [0.15, 0.2) is 11.6 Å². The molecule has 0 heterocycles. The first-order valence-electron chi connectivity index (χ1n) is 6.99. The zero-order valence-corrected chi connectivity index (χ0v) is 13.9. The van der Waals surface area contributed by atoms with Crippen LogP contribution in [0.4, 0.5) is 8.78 Å². The molecule has 2 aromatic rings. The summed E-state index contributed by atoms with van der Waals surface area (Å²) in [5.74, 6) is -1.79. The number of para-hydroxylation sites is 1. The van der Waals surface area contributed by atoms with E-state index in [1.54, 1.807) is 24.3 Å². The van der Waals surface area contributed by atoms with Crippen LogP contribution in [0.15, 0.2) is 47.4 Å². The Morgan fingerprint density at radius 2 is 1.79 bits per heavy atom. The lowest BCUT2D eigenvalue weighted by Crippen LogP contribution is -2.29. The van der Waals surface area contributed by atoms with Crippen LogP contribution in [0.5, 0.6) is 5.75 Å². The maximum atomic E-state index is 13.2. The molecule has 2 rings (SSSR count). The van der Waals surface area contributed by atoms with Crippen LogP contribution in [-0.2, 0) is 14.8 Å². The van der Waals surface area contributed by atoms with Crippen LogP contribution in [-0.4, -0.2) is 29.2 Å². The largest absolute Gasteiger partial charge is 0.496 e. The van der Waals surface area contributed by atoms with Gasteiger partial charge in [0.1, 0.15) is 5.75 Å². The lowest BCUT2D eigenvalue weighted by atomic mass is 10.1. The molecule has 0 amide bonds. The predicted molar refractivity (Wildman–Crippen MR) is 84.3 cm³/mol. The van der Waals surface area contributed by atoms with E-state index in [1.165, 1.54) is 14.2 Å². The molecule has 1 N–H and O–H groups in total. The maximum Gasteiger partial charge on any atom is 0.240 e. The Bertz CT molecular complexity index is 811. The molecule has 0 radical (unpaired) electrons. The third kappa shape index (κ3) is 4.08. The molecule has 2 aromatic carbocycles. The number of halogens is 2. The van der Waals surface area contributed by atoms with Gasteiger partial charge in [-0.05, 0) is 24.3 Å². The quantitative estimate of drug-likeness (QED) is 0.827. The van der Waals surface area contributed by atoms with Gasteiger partial charge in [0, 0.05) is 19.2 Å². The highest BCUT2D eigenvalue weighted by Gasteiger charge is 2.21. The molecule has 0 aliphatic rings. The number of methoxy groups -OCH3 is 2. The SMILES string of the molecule is COc1ccccc1C(CNS(=O)(=O)c1ccc(F)c(F)c1)OC. The number of sulfonamides is 1. The molecule has 24 heavy (non-hydrogen) atoms. The molecular formula is C16H17F2NO4S. The molecule has 0 aliphatic carbocycles. The molecule has 130 valence electrons. The van der Waals surface area contributed by atoms with Crippen molar-refractivity contribution in [2.75, 3.05) is 20.8 Å². The minimum Gasteiger partial charge on any atom is -0.496 e. The van der Waals surface area contributed by atoms with Crippen LogP contribution < -0.4 is 9.46 Å². The summed E-state index contributed by atoms with van der Waals surface area (Å²) in [6, 6.07) is 9.41. The maximum absolute atomic E-state index is 13.2. The van der Waals surface area contributed by atoms with E-state index in [0.717, 1.165) is 12.1 Å². The predicted octanol–water partition coefficient (Wildman–Crippen LogP) is 2.64. The van der Waals surface area contributed by atoms with Crippen molar-refractivity contribution in [1.29, 1.82) is 0 Å². The molecular weight excluding hydrogens is 340 g/mol. The zero-order valence-electron chi connectivity index (χ0n) is 13.1. The first kappa shape index (κ1) is 18.3. The van der Waals surface area contributed by atoms with Crippen molar-refractivity contribution in [3.05, 3.63) is 59.7 Å². The average Bonchev–Trinajstić information content (AvgIpc) is 2.58. The lowest BCUT2D eigenvalue weighted by Gasteiger charge is -2.19. The highest BCUT2D eigenvalue weighted by atomic mass is 32.2. The second-order valence-electron chi connectivity index (χ2n) is 4.89. The van der Waals surface area contributed by atoms with Crippen molar-refractivity contribution in [2.45, 2.75) is 11.0 Å².